The average Bonchev–Trinajstić information content (AvgIpc) is 3.28. The number of oxazole rings is 1. The molecule has 8 nitrogen and oxygen atoms in total. The number of aromatic hydroxyl groups is 1. The minimum atomic E-state index is -0.135. The number of carbonyl (C=O) groups excluding carboxylic acids is 1. The summed E-state index contributed by atoms with van der Waals surface area (Å²) in [6.07, 6.45) is 0.622. The van der Waals surface area contributed by atoms with Crippen molar-refractivity contribution < 1.29 is 19.1 Å². The van der Waals surface area contributed by atoms with Crippen LogP contribution in [-0.4, -0.2) is 44.7 Å². The van der Waals surface area contributed by atoms with E-state index in [1.54, 1.807) is 42.3 Å². The topological polar surface area (TPSA) is 104 Å². The Kier molecular flexibility index (Phi) is 4.18. The lowest BCUT2D eigenvalue weighted by Crippen LogP contribution is -2.36. The molecule has 0 fully saturated rings. The zero-order chi connectivity index (χ0) is 18.1. The van der Waals surface area contributed by atoms with Crippen molar-refractivity contribution in [1.82, 2.24) is 20.1 Å². The lowest BCUT2D eigenvalue weighted by atomic mass is 10.1. The second-order valence-corrected chi connectivity index (χ2v) is 6.10. The number of phenolic OH excluding ortho intramolecular Hbond substituents is 1. The van der Waals surface area contributed by atoms with E-state index in [0.29, 0.717) is 43.4 Å². The Morgan fingerprint density at radius 2 is 2.19 bits per heavy atom. The van der Waals surface area contributed by atoms with Crippen molar-refractivity contribution in [3.8, 4) is 17.0 Å². The molecule has 2 N–H and O–H groups in total. The third-order valence-electron chi connectivity index (χ3n) is 4.30. The fourth-order valence-electron chi connectivity index (χ4n) is 2.99. The van der Waals surface area contributed by atoms with Crippen LogP contribution < -0.4 is 0 Å². The standard InChI is InChI=1S/C18H18N4O4/c1-25-10-17-19-15-9-22(7-6-16(15)26-17)18(24)14-8-13(20-21-14)11-2-4-12(23)5-3-11/h2-5,8,23H,6-7,9-10H2,1H3,(H,20,21). The Hall–Kier alpha value is -3.13. The summed E-state index contributed by atoms with van der Waals surface area (Å²) in [5.41, 5.74) is 2.65. The normalized spacial score (nSPS) is 13.7. The molecule has 3 heterocycles. The Balaban J connectivity index is 1.50. The molecule has 0 saturated carbocycles. The molecule has 1 aliphatic rings. The number of aromatic nitrogens is 3. The van der Waals surface area contributed by atoms with Crippen LogP contribution in [0, 0.1) is 0 Å². The van der Waals surface area contributed by atoms with E-state index >= 15 is 0 Å². The van der Waals surface area contributed by atoms with Crippen LogP contribution in [0.3, 0.4) is 0 Å². The monoisotopic (exact) mass is 354 g/mol. The molecule has 134 valence electrons. The summed E-state index contributed by atoms with van der Waals surface area (Å²) in [6, 6.07) is 8.38. The van der Waals surface area contributed by atoms with Crippen LogP contribution in [0.1, 0.15) is 27.8 Å². The van der Waals surface area contributed by atoms with Crippen LogP contribution >= 0.6 is 0 Å². The summed E-state index contributed by atoms with van der Waals surface area (Å²) in [5, 5.41) is 16.4. The van der Waals surface area contributed by atoms with Crippen LogP contribution in [0.25, 0.3) is 11.3 Å². The molecule has 1 aromatic carbocycles. The highest BCUT2D eigenvalue weighted by Crippen LogP contribution is 2.24. The van der Waals surface area contributed by atoms with Gasteiger partial charge in [-0.1, -0.05) is 0 Å². The van der Waals surface area contributed by atoms with E-state index < -0.39 is 0 Å². The Bertz CT molecular complexity index is 929. The quantitative estimate of drug-likeness (QED) is 0.744. The number of aromatic amines is 1. The molecule has 0 radical (unpaired) electrons. The summed E-state index contributed by atoms with van der Waals surface area (Å²) in [7, 11) is 1.59. The second kappa shape index (κ2) is 6.64. The molecule has 4 rings (SSSR count). The van der Waals surface area contributed by atoms with Crippen molar-refractivity contribution in [3.63, 3.8) is 0 Å². The van der Waals surface area contributed by atoms with Gasteiger partial charge < -0.3 is 19.2 Å². The fraction of sp³-hybridized carbons (Fsp3) is 0.278. The maximum Gasteiger partial charge on any atom is 0.272 e. The molecule has 3 aromatic rings. The maximum atomic E-state index is 12.8. The highest BCUT2D eigenvalue weighted by molar-refractivity contribution is 5.93. The van der Waals surface area contributed by atoms with Gasteiger partial charge >= 0.3 is 0 Å². The van der Waals surface area contributed by atoms with Gasteiger partial charge in [-0.05, 0) is 30.3 Å². The van der Waals surface area contributed by atoms with Gasteiger partial charge in [0.15, 0.2) is 0 Å². The molecule has 0 unspecified atom stereocenters. The first-order valence-corrected chi connectivity index (χ1v) is 8.24. The third-order valence-corrected chi connectivity index (χ3v) is 4.30. The first kappa shape index (κ1) is 16.3. The molecule has 0 spiro atoms. The summed E-state index contributed by atoms with van der Waals surface area (Å²) in [5.74, 6) is 1.40. The van der Waals surface area contributed by atoms with Gasteiger partial charge in [0, 0.05) is 25.6 Å². The molecule has 1 amide bonds. The van der Waals surface area contributed by atoms with E-state index in [4.69, 9.17) is 9.15 Å². The first-order valence-electron chi connectivity index (χ1n) is 8.24. The predicted molar refractivity (Wildman–Crippen MR) is 91.3 cm³/mol. The molecule has 0 aliphatic carbocycles. The highest BCUT2D eigenvalue weighted by atomic mass is 16.5. The Labute approximate surface area is 149 Å². The lowest BCUT2D eigenvalue weighted by Gasteiger charge is -2.24. The highest BCUT2D eigenvalue weighted by Gasteiger charge is 2.27. The zero-order valence-electron chi connectivity index (χ0n) is 14.2. The van der Waals surface area contributed by atoms with Crippen LogP contribution in [0.4, 0.5) is 0 Å². The first-order chi connectivity index (χ1) is 12.6. The van der Waals surface area contributed by atoms with E-state index in [1.165, 1.54) is 0 Å². The molecule has 8 heteroatoms. The van der Waals surface area contributed by atoms with Gasteiger partial charge in [-0.2, -0.15) is 5.10 Å². The van der Waals surface area contributed by atoms with Crippen molar-refractivity contribution >= 4 is 5.91 Å². The second-order valence-electron chi connectivity index (χ2n) is 6.10. The van der Waals surface area contributed by atoms with Gasteiger partial charge in [0.2, 0.25) is 5.89 Å². The molecule has 26 heavy (non-hydrogen) atoms. The number of nitrogens with one attached hydrogen (secondary N) is 1. The van der Waals surface area contributed by atoms with E-state index in [1.807, 2.05) is 0 Å². The molecule has 0 saturated heterocycles. The largest absolute Gasteiger partial charge is 0.508 e. The Morgan fingerprint density at radius 1 is 1.38 bits per heavy atom. The average molecular weight is 354 g/mol. The number of ether oxygens (including phenoxy) is 1. The number of amides is 1. The summed E-state index contributed by atoms with van der Waals surface area (Å²) in [6.45, 7) is 1.27. The molecule has 0 atom stereocenters. The smallest absolute Gasteiger partial charge is 0.272 e. The minimum Gasteiger partial charge on any atom is -0.508 e. The summed E-state index contributed by atoms with van der Waals surface area (Å²) in [4.78, 5) is 18.9. The molecule has 1 aliphatic heterocycles. The summed E-state index contributed by atoms with van der Waals surface area (Å²) >= 11 is 0. The number of fused-ring (bicyclic) bond motifs is 1. The number of hydrogen-bond acceptors (Lipinski definition) is 6. The number of phenols is 1. The van der Waals surface area contributed by atoms with Crippen molar-refractivity contribution in [2.75, 3.05) is 13.7 Å². The van der Waals surface area contributed by atoms with Crippen LogP contribution in [0.2, 0.25) is 0 Å². The fourth-order valence-corrected chi connectivity index (χ4v) is 2.99. The van der Waals surface area contributed by atoms with E-state index in [9.17, 15) is 9.90 Å². The maximum absolute atomic E-state index is 12.8. The SMILES string of the molecule is COCc1nc2c(o1)CCN(C(=O)c1cc(-c3ccc(O)cc3)n[nH]1)C2. The van der Waals surface area contributed by atoms with Crippen molar-refractivity contribution in [3.05, 3.63) is 53.4 Å². The van der Waals surface area contributed by atoms with Gasteiger partial charge in [0.25, 0.3) is 5.91 Å². The van der Waals surface area contributed by atoms with Crippen molar-refractivity contribution in [1.29, 1.82) is 0 Å². The zero-order valence-corrected chi connectivity index (χ0v) is 14.2. The molecule has 0 bridgehead atoms. The van der Waals surface area contributed by atoms with Gasteiger partial charge in [-0.3, -0.25) is 9.89 Å². The third kappa shape index (κ3) is 3.06. The van der Waals surface area contributed by atoms with Gasteiger partial charge in [0.05, 0.1) is 12.2 Å². The number of rotatable bonds is 4. The Morgan fingerprint density at radius 3 is 2.96 bits per heavy atom. The minimum absolute atomic E-state index is 0.135. The van der Waals surface area contributed by atoms with Gasteiger partial charge in [-0.25, -0.2) is 4.98 Å². The van der Waals surface area contributed by atoms with E-state index in [0.717, 1.165) is 17.0 Å². The lowest BCUT2D eigenvalue weighted by molar-refractivity contribution is 0.0721. The summed E-state index contributed by atoms with van der Waals surface area (Å²) < 4.78 is 10.7. The van der Waals surface area contributed by atoms with Gasteiger partial charge in [-0.15, -0.1) is 0 Å². The van der Waals surface area contributed by atoms with Crippen molar-refractivity contribution in [2.45, 2.75) is 19.6 Å². The van der Waals surface area contributed by atoms with Crippen LogP contribution in [0.5, 0.6) is 5.75 Å². The van der Waals surface area contributed by atoms with Crippen LogP contribution in [0.15, 0.2) is 34.7 Å². The predicted octanol–water partition coefficient (Wildman–Crippen LogP) is 2.12. The van der Waals surface area contributed by atoms with Crippen molar-refractivity contribution in [2.24, 2.45) is 0 Å². The number of nitrogens with zero attached hydrogens (tertiary/aromatic N) is 3. The van der Waals surface area contributed by atoms with Crippen LogP contribution in [-0.2, 0) is 24.3 Å². The number of H-pyrrole nitrogens is 1. The number of benzene rings is 1. The molecular formula is C18H18N4O4. The number of methoxy groups -OCH3 is 1. The number of hydrogen-bond donors (Lipinski definition) is 2. The molecule has 2 aromatic heterocycles. The van der Waals surface area contributed by atoms with E-state index in [2.05, 4.69) is 15.2 Å². The van der Waals surface area contributed by atoms with E-state index in [-0.39, 0.29) is 11.7 Å². The number of carbonyl (C=O) groups is 1. The molecular weight excluding hydrogens is 336 g/mol. The van der Waals surface area contributed by atoms with Gasteiger partial charge in [0.1, 0.15) is 29.5 Å².